The fourth-order valence-corrected chi connectivity index (χ4v) is 3.26. The standard InChI is InChI=1S/C24H24F4N2O2/c1-15(2)22(30-20-9-8-18(13-19(20)25)24(26,27)28)23(31)32-14-21-17(10-11-29-21)12-16-6-4-3-5-7-16/h3-11,13,15,22,29-30H,12,14H2,1-2H3. The van der Waals surface area contributed by atoms with Gasteiger partial charge in [0.15, 0.2) is 0 Å². The Labute approximate surface area is 183 Å². The number of ether oxygens (including phenoxy) is 1. The van der Waals surface area contributed by atoms with Gasteiger partial charge in [-0.05, 0) is 47.7 Å². The van der Waals surface area contributed by atoms with E-state index in [1.165, 1.54) is 0 Å². The van der Waals surface area contributed by atoms with E-state index in [1.54, 1.807) is 20.0 Å². The van der Waals surface area contributed by atoms with Crippen molar-refractivity contribution in [3.8, 4) is 0 Å². The number of nitrogens with one attached hydrogen (secondary N) is 2. The zero-order valence-electron chi connectivity index (χ0n) is 17.7. The summed E-state index contributed by atoms with van der Waals surface area (Å²) in [7, 11) is 0. The van der Waals surface area contributed by atoms with Gasteiger partial charge in [0, 0.05) is 6.20 Å². The van der Waals surface area contributed by atoms with Crippen LogP contribution in [0.4, 0.5) is 23.2 Å². The van der Waals surface area contributed by atoms with Crippen LogP contribution in [0.1, 0.15) is 36.2 Å². The van der Waals surface area contributed by atoms with Crippen molar-refractivity contribution < 1.29 is 27.1 Å². The Morgan fingerprint density at radius 2 is 1.81 bits per heavy atom. The van der Waals surface area contributed by atoms with Gasteiger partial charge in [-0.15, -0.1) is 0 Å². The third-order valence-corrected chi connectivity index (χ3v) is 5.05. The molecule has 0 radical (unpaired) electrons. The van der Waals surface area contributed by atoms with Crippen LogP contribution in [-0.2, 0) is 28.7 Å². The highest BCUT2D eigenvalue weighted by atomic mass is 19.4. The van der Waals surface area contributed by atoms with Gasteiger partial charge < -0.3 is 15.0 Å². The molecule has 0 saturated heterocycles. The van der Waals surface area contributed by atoms with Crippen molar-refractivity contribution in [2.75, 3.05) is 5.32 Å². The fraction of sp³-hybridized carbons (Fsp3) is 0.292. The second-order valence-corrected chi connectivity index (χ2v) is 7.81. The lowest BCUT2D eigenvalue weighted by Gasteiger charge is -2.22. The van der Waals surface area contributed by atoms with Gasteiger partial charge in [0.25, 0.3) is 0 Å². The van der Waals surface area contributed by atoms with Crippen LogP contribution in [-0.4, -0.2) is 17.0 Å². The molecule has 1 unspecified atom stereocenters. The fourth-order valence-electron chi connectivity index (χ4n) is 3.26. The number of carbonyl (C=O) groups excluding carboxylic acids is 1. The van der Waals surface area contributed by atoms with Crippen LogP contribution in [0, 0.1) is 11.7 Å². The van der Waals surface area contributed by atoms with E-state index in [2.05, 4.69) is 10.3 Å². The van der Waals surface area contributed by atoms with Gasteiger partial charge in [-0.25, -0.2) is 9.18 Å². The smallest absolute Gasteiger partial charge is 0.416 e. The van der Waals surface area contributed by atoms with Crippen molar-refractivity contribution in [2.45, 2.75) is 39.1 Å². The molecule has 0 amide bonds. The molecule has 0 aliphatic rings. The SMILES string of the molecule is CC(C)C(Nc1ccc(C(F)(F)F)cc1F)C(=O)OCc1[nH]ccc1Cc1ccccc1. The Kier molecular flexibility index (Phi) is 7.22. The maximum Gasteiger partial charge on any atom is 0.416 e. The van der Waals surface area contributed by atoms with Crippen LogP contribution < -0.4 is 5.32 Å². The van der Waals surface area contributed by atoms with Gasteiger partial charge in [-0.1, -0.05) is 44.2 Å². The van der Waals surface area contributed by atoms with E-state index in [4.69, 9.17) is 4.74 Å². The van der Waals surface area contributed by atoms with E-state index in [9.17, 15) is 22.4 Å². The molecule has 0 aliphatic heterocycles. The summed E-state index contributed by atoms with van der Waals surface area (Å²) >= 11 is 0. The lowest BCUT2D eigenvalue weighted by Crippen LogP contribution is -2.36. The average Bonchev–Trinajstić information content (AvgIpc) is 3.17. The Morgan fingerprint density at radius 3 is 2.44 bits per heavy atom. The van der Waals surface area contributed by atoms with Crippen molar-refractivity contribution in [2.24, 2.45) is 5.92 Å². The Bertz CT molecular complexity index is 1050. The lowest BCUT2D eigenvalue weighted by molar-refractivity contribution is -0.147. The van der Waals surface area contributed by atoms with Gasteiger partial charge in [-0.3, -0.25) is 0 Å². The van der Waals surface area contributed by atoms with Gasteiger partial charge in [0.1, 0.15) is 18.5 Å². The second kappa shape index (κ2) is 9.89. The number of carbonyl (C=O) groups is 1. The first-order valence-corrected chi connectivity index (χ1v) is 10.1. The third kappa shape index (κ3) is 5.90. The van der Waals surface area contributed by atoms with E-state index in [1.807, 2.05) is 36.4 Å². The zero-order valence-corrected chi connectivity index (χ0v) is 17.7. The van der Waals surface area contributed by atoms with Gasteiger partial charge >= 0.3 is 12.1 Å². The number of hydrogen-bond donors (Lipinski definition) is 2. The molecule has 0 bridgehead atoms. The lowest BCUT2D eigenvalue weighted by atomic mass is 10.0. The summed E-state index contributed by atoms with van der Waals surface area (Å²) in [6.45, 7) is 3.46. The normalized spacial score (nSPS) is 12.6. The Morgan fingerprint density at radius 1 is 1.09 bits per heavy atom. The molecule has 2 N–H and O–H groups in total. The molecule has 8 heteroatoms. The first-order valence-electron chi connectivity index (χ1n) is 10.1. The minimum absolute atomic E-state index is 0.00556. The zero-order chi connectivity index (χ0) is 23.3. The maximum atomic E-state index is 14.2. The largest absolute Gasteiger partial charge is 0.458 e. The van der Waals surface area contributed by atoms with Crippen molar-refractivity contribution in [3.05, 3.63) is 89.0 Å². The number of aromatic nitrogens is 1. The summed E-state index contributed by atoms with van der Waals surface area (Å²) in [6.07, 6.45) is -2.22. The highest BCUT2D eigenvalue weighted by Crippen LogP contribution is 2.31. The molecule has 2 aromatic carbocycles. The topological polar surface area (TPSA) is 54.1 Å². The van der Waals surface area contributed by atoms with Gasteiger partial charge in [-0.2, -0.15) is 13.2 Å². The van der Waals surface area contributed by atoms with E-state index in [0.29, 0.717) is 12.5 Å². The highest BCUT2D eigenvalue weighted by molar-refractivity contribution is 5.79. The van der Waals surface area contributed by atoms with Gasteiger partial charge in [0.2, 0.25) is 0 Å². The van der Waals surface area contributed by atoms with Crippen LogP contribution in [0.25, 0.3) is 0 Å². The van der Waals surface area contributed by atoms with Gasteiger partial charge in [0.05, 0.1) is 16.9 Å². The number of hydrogen-bond acceptors (Lipinski definition) is 3. The first-order chi connectivity index (χ1) is 15.1. The summed E-state index contributed by atoms with van der Waals surface area (Å²) in [5.41, 5.74) is 1.54. The summed E-state index contributed by atoms with van der Waals surface area (Å²) in [4.78, 5) is 15.8. The molecule has 3 aromatic rings. The van der Waals surface area contributed by atoms with Crippen LogP contribution in [0.2, 0.25) is 0 Å². The van der Waals surface area contributed by atoms with E-state index < -0.39 is 29.6 Å². The summed E-state index contributed by atoms with van der Waals surface area (Å²) in [6, 6.07) is 12.9. The molecule has 1 heterocycles. The number of benzene rings is 2. The molecule has 0 aliphatic carbocycles. The number of esters is 1. The Hall–Kier alpha value is -3.29. The van der Waals surface area contributed by atoms with Crippen LogP contribution in [0.5, 0.6) is 0 Å². The van der Waals surface area contributed by atoms with Crippen LogP contribution in [0.15, 0.2) is 60.8 Å². The summed E-state index contributed by atoms with van der Waals surface area (Å²) in [5, 5.41) is 2.68. The molecule has 0 spiro atoms. The summed E-state index contributed by atoms with van der Waals surface area (Å²) in [5.74, 6) is -2.01. The molecule has 170 valence electrons. The van der Waals surface area contributed by atoms with Crippen molar-refractivity contribution in [1.29, 1.82) is 0 Å². The molecule has 32 heavy (non-hydrogen) atoms. The monoisotopic (exact) mass is 448 g/mol. The summed E-state index contributed by atoms with van der Waals surface area (Å²) < 4.78 is 57.9. The minimum Gasteiger partial charge on any atom is -0.458 e. The van der Waals surface area contributed by atoms with E-state index >= 15 is 0 Å². The molecule has 0 saturated carbocycles. The number of aromatic amines is 1. The van der Waals surface area contributed by atoms with Crippen LogP contribution in [0.3, 0.4) is 0 Å². The number of H-pyrrole nitrogens is 1. The van der Waals surface area contributed by atoms with Crippen molar-refractivity contribution in [1.82, 2.24) is 4.98 Å². The quantitative estimate of drug-likeness (QED) is 0.331. The van der Waals surface area contributed by atoms with E-state index in [0.717, 1.165) is 29.0 Å². The maximum absolute atomic E-state index is 14.2. The predicted molar refractivity (Wildman–Crippen MR) is 113 cm³/mol. The first kappa shape index (κ1) is 23.4. The molecule has 1 atom stereocenters. The van der Waals surface area contributed by atoms with Crippen molar-refractivity contribution in [3.63, 3.8) is 0 Å². The molecule has 4 nitrogen and oxygen atoms in total. The second-order valence-electron chi connectivity index (χ2n) is 7.81. The van der Waals surface area contributed by atoms with Crippen LogP contribution >= 0.6 is 0 Å². The number of alkyl halides is 3. The molecule has 0 fully saturated rings. The number of rotatable bonds is 8. The predicted octanol–water partition coefficient (Wildman–Crippen LogP) is 5.94. The minimum atomic E-state index is -4.65. The molecular weight excluding hydrogens is 424 g/mol. The number of halogens is 4. The third-order valence-electron chi connectivity index (χ3n) is 5.05. The number of anilines is 1. The van der Waals surface area contributed by atoms with E-state index in [-0.39, 0.29) is 18.2 Å². The highest BCUT2D eigenvalue weighted by Gasteiger charge is 2.32. The average molecular weight is 448 g/mol. The molecule has 3 rings (SSSR count). The van der Waals surface area contributed by atoms with Crippen molar-refractivity contribution >= 4 is 11.7 Å². The Balaban J connectivity index is 1.66. The molecule has 1 aromatic heterocycles. The molecular formula is C24H24F4N2O2.